The molecule has 0 N–H and O–H groups in total. The van der Waals surface area contributed by atoms with Gasteiger partial charge in [0.25, 0.3) is 0 Å². The van der Waals surface area contributed by atoms with Crippen molar-refractivity contribution in [2.24, 2.45) is 0 Å². The van der Waals surface area contributed by atoms with Gasteiger partial charge in [0.05, 0.1) is 5.56 Å². The first-order valence-electron chi connectivity index (χ1n) is 5.61. The number of hydrogen-bond donors (Lipinski definition) is 0. The van der Waals surface area contributed by atoms with Crippen LogP contribution in [0, 0.1) is 18.3 Å². The second-order valence-electron chi connectivity index (χ2n) is 4.11. The summed E-state index contributed by atoms with van der Waals surface area (Å²) in [6, 6.07) is 15.4. The summed E-state index contributed by atoms with van der Waals surface area (Å²) in [7, 11) is 0. The molecule has 3 rings (SSSR count). The van der Waals surface area contributed by atoms with Gasteiger partial charge in [-0.3, -0.25) is 0 Å². The Kier molecular flexibility index (Phi) is 2.31. The number of aromatic nitrogens is 3. The fraction of sp³-hybridized carbons (Fsp3) is 0.0714. The lowest BCUT2D eigenvalue weighted by atomic mass is 10.1. The van der Waals surface area contributed by atoms with E-state index >= 15 is 0 Å². The highest BCUT2D eigenvalue weighted by Crippen LogP contribution is 2.16. The summed E-state index contributed by atoms with van der Waals surface area (Å²) in [5.41, 5.74) is 4.01. The topological polar surface area (TPSA) is 54.5 Å². The molecule has 1 heterocycles. The number of aryl methyl sites for hydroxylation is 1. The van der Waals surface area contributed by atoms with Crippen LogP contribution in [0.1, 0.15) is 11.1 Å². The van der Waals surface area contributed by atoms with E-state index in [4.69, 9.17) is 5.26 Å². The van der Waals surface area contributed by atoms with Crippen molar-refractivity contribution < 1.29 is 0 Å². The largest absolute Gasteiger partial charge is 0.192 e. The zero-order valence-electron chi connectivity index (χ0n) is 9.83. The van der Waals surface area contributed by atoms with E-state index in [-0.39, 0.29) is 0 Å². The molecule has 0 fully saturated rings. The summed E-state index contributed by atoms with van der Waals surface area (Å²) < 4.78 is 0. The van der Waals surface area contributed by atoms with E-state index in [1.165, 1.54) is 4.80 Å². The average molecular weight is 234 g/mol. The second-order valence-corrected chi connectivity index (χ2v) is 4.11. The van der Waals surface area contributed by atoms with E-state index < -0.39 is 0 Å². The van der Waals surface area contributed by atoms with E-state index in [1.807, 2.05) is 43.3 Å². The van der Waals surface area contributed by atoms with Gasteiger partial charge in [0, 0.05) is 0 Å². The van der Waals surface area contributed by atoms with Crippen LogP contribution in [0.2, 0.25) is 0 Å². The van der Waals surface area contributed by atoms with Crippen LogP contribution in [0.5, 0.6) is 0 Å². The van der Waals surface area contributed by atoms with Crippen molar-refractivity contribution >= 4 is 11.0 Å². The minimum Gasteiger partial charge on any atom is -0.192 e. The number of hydrogen-bond acceptors (Lipinski definition) is 3. The third-order valence-electron chi connectivity index (χ3n) is 2.78. The molecule has 0 radical (unpaired) electrons. The Hall–Kier alpha value is -2.67. The minimum absolute atomic E-state index is 0.570. The standard InChI is InChI=1S/C14H10N4/c1-10-6-7-11(9-15)14(8-10)18-16-12-4-2-3-5-13(12)17-18/h2-8H,1H3. The molecule has 4 heteroatoms. The summed E-state index contributed by atoms with van der Waals surface area (Å²) in [5, 5.41) is 17.9. The molecule has 0 saturated heterocycles. The lowest BCUT2D eigenvalue weighted by Gasteiger charge is -2.02. The normalized spacial score (nSPS) is 10.4. The van der Waals surface area contributed by atoms with Gasteiger partial charge in [-0.25, -0.2) is 0 Å². The van der Waals surface area contributed by atoms with E-state index in [9.17, 15) is 0 Å². The molecule has 2 aromatic carbocycles. The molecule has 0 atom stereocenters. The van der Waals surface area contributed by atoms with Gasteiger partial charge in [-0.1, -0.05) is 18.2 Å². The molecule has 0 unspecified atom stereocenters. The number of fused-ring (bicyclic) bond motifs is 1. The van der Waals surface area contributed by atoms with Crippen molar-refractivity contribution in [3.05, 3.63) is 53.6 Å². The number of benzene rings is 2. The van der Waals surface area contributed by atoms with E-state index in [0.29, 0.717) is 11.3 Å². The van der Waals surface area contributed by atoms with Crippen LogP contribution >= 0.6 is 0 Å². The highest BCUT2D eigenvalue weighted by atomic mass is 15.5. The van der Waals surface area contributed by atoms with Crippen LogP contribution in [-0.2, 0) is 0 Å². The number of nitrogens with zero attached hydrogens (tertiary/aromatic N) is 4. The molecule has 0 bridgehead atoms. The Morgan fingerprint density at radius 3 is 2.33 bits per heavy atom. The van der Waals surface area contributed by atoms with Crippen molar-refractivity contribution in [1.29, 1.82) is 5.26 Å². The second kappa shape index (κ2) is 3.97. The average Bonchev–Trinajstić information content (AvgIpc) is 2.82. The first-order valence-corrected chi connectivity index (χ1v) is 5.61. The summed E-state index contributed by atoms with van der Waals surface area (Å²) in [6.45, 7) is 1.98. The molecule has 0 aliphatic rings. The molecule has 0 aliphatic carbocycles. The van der Waals surface area contributed by atoms with Crippen LogP contribution in [-0.4, -0.2) is 15.0 Å². The zero-order valence-corrected chi connectivity index (χ0v) is 9.83. The van der Waals surface area contributed by atoms with E-state index in [2.05, 4.69) is 16.3 Å². The van der Waals surface area contributed by atoms with Crippen LogP contribution < -0.4 is 0 Å². The van der Waals surface area contributed by atoms with Gasteiger partial charge < -0.3 is 0 Å². The Bertz CT molecular complexity index is 732. The molecular weight excluding hydrogens is 224 g/mol. The fourth-order valence-corrected chi connectivity index (χ4v) is 1.87. The minimum atomic E-state index is 0.570. The molecule has 18 heavy (non-hydrogen) atoms. The Morgan fingerprint density at radius 1 is 1.06 bits per heavy atom. The Labute approximate surface area is 104 Å². The lowest BCUT2D eigenvalue weighted by molar-refractivity contribution is 0.763. The van der Waals surface area contributed by atoms with Crippen LogP contribution in [0.4, 0.5) is 0 Å². The molecule has 0 saturated carbocycles. The Morgan fingerprint density at radius 2 is 1.72 bits per heavy atom. The number of nitriles is 1. The lowest BCUT2D eigenvalue weighted by Crippen LogP contribution is -2.01. The molecule has 86 valence electrons. The van der Waals surface area contributed by atoms with Gasteiger partial charge in [-0.05, 0) is 36.8 Å². The highest BCUT2D eigenvalue weighted by Gasteiger charge is 2.08. The molecule has 0 spiro atoms. The quantitative estimate of drug-likeness (QED) is 0.650. The highest BCUT2D eigenvalue weighted by molar-refractivity contribution is 5.73. The van der Waals surface area contributed by atoms with Crippen LogP contribution in [0.25, 0.3) is 16.7 Å². The maximum Gasteiger partial charge on any atom is 0.113 e. The van der Waals surface area contributed by atoms with E-state index in [0.717, 1.165) is 16.6 Å². The van der Waals surface area contributed by atoms with Gasteiger partial charge in [-0.2, -0.15) is 5.26 Å². The molecule has 4 nitrogen and oxygen atoms in total. The van der Waals surface area contributed by atoms with Crippen molar-refractivity contribution in [2.75, 3.05) is 0 Å². The van der Waals surface area contributed by atoms with Gasteiger partial charge >= 0.3 is 0 Å². The summed E-state index contributed by atoms with van der Waals surface area (Å²) in [5.74, 6) is 0. The maximum absolute atomic E-state index is 9.13. The van der Waals surface area contributed by atoms with Crippen molar-refractivity contribution in [3.8, 4) is 11.8 Å². The first kappa shape index (κ1) is 10.5. The zero-order chi connectivity index (χ0) is 12.5. The van der Waals surface area contributed by atoms with Gasteiger partial charge in [0.1, 0.15) is 22.8 Å². The van der Waals surface area contributed by atoms with Gasteiger partial charge in [0.2, 0.25) is 0 Å². The number of rotatable bonds is 1. The maximum atomic E-state index is 9.13. The van der Waals surface area contributed by atoms with Crippen molar-refractivity contribution in [3.63, 3.8) is 0 Å². The molecule has 0 amide bonds. The predicted octanol–water partition coefficient (Wildman–Crippen LogP) is 2.60. The fourth-order valence-electron chi connectivity index (χ4n) is 1.87. The summed E-state index contributed by atoms with van der Waals surface area (Å²) in [4.78, 5) is 1.52. The molecular formula is C14H10N4. The first-order chi connectivity index (χ1) is 8.78. The van der Waals surface area contributed by atoms with Crippen LogP contribution in [0.15, 0.2) is 42.5 Å². The Balaban J connectivity index is 2.26. The SMILES string of the molecule is Cc1ccc(C#N)c(-n2nc3ccccc3n2)c1. The molecule has 1 aromatic heterocycles. The van der Waals surface area contributed by atoms with Crippen molar-refractivity contribution in [2.45, 2.75) is 6.92 Å². The smallest absolute Gasteiger partial charge is 0.113 e. The third kappa shape index (κ3) is 1.62. The summed E-state index contributed by atoms with van der Waals surface area (Å²) in [6.07, 6.45) is 0. The van der Waals surface area contributed by atoms with Crippen LogP contribution in [0.3, 0.4) is 0 Å². The van der Waals surface area contributed by atoms with E-state index in [1.54, 1.807) is 6.07 Å². The van der Waals surface area contributed by atoms with Gasteiger partial charge in [-0.15, -0.1) is 15.0 Å². The van der Waals surface area contributed by atoms with Gasteiger partial charge in [0.15, 0.2) is 0 Å². The summed E-state index contributed by atoms with van der Waals surface area (Å²) >= 11 is 0. The molecule has 3 aromatic rings. The predicted molar refractivity (Wildman–Crippen MR) is 68.3 cm³/mol. The molecule has 0 aliphatic heterocycles. The third-order valence-corrected chi connectivity index (χ3v) is 2.78. The van der Waals surface area contributed by atoms with Crippen molar-refractivity contribution in [1.82, 2.24) is 15.0 Å². The monoisotopic (exact) mass is 234 g/mol.